The number of hydrogen-bond donors (Lipinski definition) is 1. The van der Waals surface area contributed by atoms with Crippen molar-refractivity contribution in [1.82, 2.24) is 5.32 Å². The molecule has 5 heteroatoms. The monoisotopic (exact) mass is 341 g/mol. The van der Waals surface area contributed by atoms with Gasteiger partial charge in [-0.25, -0.2) is 0 Å². The third-order valence-electron chi connectivity index (χ3n) is 3.75. The molecular formula is C15H20BrNO3. The van der Waals surface area contributed by atoms with Crippen LogP contribution in [0.4, 0.5) is 0 Å². The van der Waals surface area contributed by atoms with Crippen LogP contribution in [0.15, 0.2) is 18.2 Å². The summed E-state index contributed by atoms with van der Waals surface area (Å²) in [4.78, 5) is 12.4. The molecule has 1 aromatic carbocycles. The Morgan fingerprint density at radius 1 is 1.45 bits per heavy atom. The van der Waals surface area contributed by atoms with Crippen LogP contribution >= 0.6 is 15.9 Å². The number of alkyl halides is 1. The van der Waals surface area contributed by atoms with E-state index in [2.05, 4.69) is 21.2 Å². The number of carbonyl (C=O) groups is 1. The summed E-state index contributed by atoms with van der Waals surface area (Å²) in [5.41, 5.74) is 1.43. The Bertz CT molecular complexity index is 484. The Hall–Kier alpha value is -1.07. The van der Waals surface area contributed by atoms with Crippen molar-refractivity contribution in [2.75, 3.05) is 25.7 Å². The van der Waals surface area contributed by atoms with Gasteiger partial charge in [0.1, 0.15) is 5.75 Å². The fourth-order valence-electron chi connectivity index (χ4n) is 2.33. The van der Waals surface area contributed by atoms with Crippen LogP contribution in [0.5, 0.6) is 5.75 Å². The van der Waals surface area contributed by atoms with E-state index in [1.807, 2.05) is 19.1 Å². The first-order valence-electron chi connectivity index (χ1n) is 6.71. The largest absolute Gasteiger partial charge is 0.496 e. The minimum Gasteiger partial charge on any atom is -0.496 e. The van der Waals surface area contributed by atoms with Crippen molar-refractivity contribution in [3.05, 3.63) is 29.3 Å². The first kappa shape index (κ1) is 15.3. The fraction of sp³-hybridized carbons (Fsp3) is 0.533. The molecule has 0 bridgehead atoms. The second-order valence-electron chi connectivity index (χ2n) is 5.16. The first-order chi connectivity index (χ1) is 9.60. The molecule has 1 aliphatic heterocycles. The minimum atomic E-state index is -0.215. The first-order valence-corrected chi connectivity index (χ1v) is 7.83. The normalized spacial score (nSPS) is 17.6. The smallest absolute Gasteiger partial charge is 0.251 e. The number of nitrogens with one attached hydrogen (secondary N) is 1. The van der Waals surface area contributed by atoms with Gasteiger partial charge in [0, 0.05) is 24.1 Å². The van der Waals surface area contributed by atoms with Crippen LogP contribution < -0.4 is 10.1 Å². The molecule has 0 atom stereocenters. The Morgan fingerprint density at radius 2 is 2.15 bits per heavy atom. The summed E-state index contributed by atoms with van der Waals surface area (Å²) >= 11 is 3.51. The molecule has 20 heavy (non-hydrogen) atoms. The van der Waals surface area contributed by atoms with Gasteiger partial charge >= 0.3 is 0 Å². The maximum atomic E-state index is 12.4. The molecule has 110 valence electrons. The van der Waals surface area contributed by atoms with E-state index in [1.165, 1.54) is 0 Å². The van der Waals surface area contributed by atoms with E-state index in [0.29, 0.717) is 18.8 Å². The van der Waals surface area contributed by atoms with Gasteiger partial charge in [-0.05, 0) is 37.5 Å². The second-order valence-corrected chi connectivity index (χ2v) is 5.73. The molecule has 1 fully saturated rings. The lowest BCUT2D eigenvalue weighted by molar-refractivity contribution is 0.0442. The number of amides is 1. The summed E-state index contributed by atoms with van der Waals surface area (Å²) in [7, 11) is 1.61. The average molecular weight is 342 g/mol. The molecule has 0 radical (unpaired) electrons. The van der Waals surface area contributed by atoms with Gasteiger partial charge in [0.15, 0.2) is 0 Å². The Labute approximate surface area is 128 Å². The van der Waals surface area contributed by atoms with Crippen LogP contribution in [0.2, 0.25) is 0 Å². The standard InChI is InChI=1S/C15H20BrNO3/c1-11-3-4-12(9-13(11)19-2)14(18)17-15(10-16)5-7-20-8-6-15/h3-4,9H,5-8,10H2,1-2H3,(H,17,18). The van der Waals surface area contributed by atoms with E-state index in [9.17, 15) is 4.79 Å². The molecule has 0 aliphatic carbocycles. The lowest BCUT2D eigenvalue weighted by atomic mass is 9.92. The molecule has 0 unspecified atom stereocenters. The molecule has 1 saturated heterocycles. The second kappa shape index (κ2) is 6.59. The van der Waals surface area contributed by atoms with Gasteiger partial charge in [0.25, 0.3) is 5.91 Å². The molecular weight excluding hydrogens is 322 g/mol. The zero-order valence-corrected chi connectivity index (χ0v) is 13.5. The van der Waals surface area contributed by atoms with E-state index >= 15 is 0 Å². The number of ether oxygens (including phenoxy) is 2. The predicted molar refractivity (Wildman–Crippen MR) is 81.8 cm³/mol. The van der Waals surface area contributed by atoms with Crippen molar-refractivity contribution < 1.29 is 14.3 Å². The lowest BCUT2D eigenvalue weighted by Gasteiger charge is -2.36. The summed E-state index contributed by atoms with van der Waals surface area (Å²) in [6, 6.07) is 5.51. The Morgan fingerprint density at radius 3 is 2.75 bits per heavy atom. The maximum Gasteiger partial charge on any atom is 0.251 e. The van der Waals surface area contributed by atoms with Crippen LogP contribution in [-0.2, 0) is 4.74 Å². The molecule has 0 saturated carbocycles. The topological polar surface area (TPSA) is 47.6 Å². The summed E-state index contributed by atoms with van der Waals surface area (Å²) < 4.78 is 10.6. The molecule has 1 aromatic rings. The Kier molecular flexibility index (Phi) is 5.05. The van der Waals surface area contributed by atoms with E-state index in [0.717, 1.165) is 29.5 Å². The summed E-state index contributed by atoms with van der Waals surface area (Å²) in [5, 5.41) is 3.88. The molecule has 1 aliphatic rings. The molecule has 0 spiro atoms. The number of rotatable bonds is 4. The van der Waals surface area contributed by atoms with E-state index in [1.54, 1.807) is 13.2 Å². The minimum absolute atomic E-state index is 0.0651. The highest BCUT2D eigenvalue weighted by Crippen LogP contribution is 2.25. The number of benzene rings is 1. The Balaban J connectivity index is 2.14. The van der Waals surface area contributed by atoms with E-state index in [4.69, 9.17) is 9.47 Å². The van der Waals surface area contributed by atoms with Crippen molar-refractivity contribution in [1.29, 1.82) is 0 Å². The van der Waals surface area contributed by atoms with Crippen molar-refractivity contribution in [2.45, 2.75) is 25.3 Å². The quantitative estimate of drug-likeness (QED) is 0.856. The van der Waals surface area contributed by atoms with Crippen LogP contribution in [-0.4, -0.2) is 37.1 Å². The number of hydrogen-bond acceptors (Lipinski definition) is 3. The highest BCUT2D eigenvalue weighted by atomic mass is 79.9. The van der Waals surface area contributed by atoms with Crippen molar-refractivity contribution in [3.63, 3.8) is 0 Å². The molecule has 0 aromatic heterocycles. The van der Waals surface area contributed by atoms with E-state index in [-0.39, 0.29) is 11.4 Å². The number of halogens is 1. The SMILES string of the molecule is COc1cc(C(=O)NC2(CBr)CCOCC2)ccc1C. The third kappa shape index (κ3) is 3.33. The number of aryl methyl sites for hydroxylation is 1. The molecule has 1 amide bonds. The van der Waals surface area contributed by atoms with Gasteiger partial charge in [-0.3, -0.25) is 4.79 Å². The summed E-state index contributed by atoms with van der Waals surface area (Å²) in [5.74, 6) is 0.669. The molecule has 2 rings (SSSR count). The maximum absolute atomic E-state index is 12.4. The van der Waals surface area contributed by atoms with Crippen LogP contribution in [0.25, 0.3) is 0 Å². The van der Waals surface area contributed by atoms with Crippen molar-refractivity contribution >= 4 is 21.8 Å². The van der Waals surface area contributed by atoms with Gasteiger partial charge in [-0.1, -0.05) is 22.0 Å². The summed E-state index contributed by atoms with van der Waals surface area (Å²) in [6.07, 6.45) is 1.65. The van der Waals surface area contributed by atoms with Gasteiger partial charge < -0.3 is 14.8 Å². The third-order valence-corrected chi connectivity index (χ3v) is 4.83. The van der Waals surface area contributed by atoms with Gasteiger partial charge in [-0.2, -0.15) is 0 Å². The van der Waals surface area contributed by atoms with Crippen LogP contribution in [0.3, 0.4) is 0 Å². The summed E-state index contributed by atoms with van der Waals surface area (Å²) in [6.45, 7) is 3.32. The van der Waals surface area contributed by atoms with Crippen LogP contribution in [0.1, 0.15) is 28.8 Å². The zero-order valence-electron chi connectivity index (χ0n) is 11.9. The predicted octanol–water partition coefficient (Wildman–Crippen LogP) is 2.68. The van der Waals surface area contributed by atoms with Gasteiger partial charge in [0.05, 0.1) is 12.6 Å². The highest BCUT2D eigenvalue weighted by molar-refractivity contribution is 9.09. The molecule has 1 N–H and O–H groups in total. The zero-order chi connectivity index (χ0) is 14.6. The van der Waals surface area contributed by atoms with Crippen molar-refractivity contribution in [3.8, 4) is 5.75 Å². The average Bonchev–Trinajstić information content (AvgIpc) is 2.48. The van der Waals surface area contributed by atoms with Gasteiger partial charge in [-0.15, -0.1) is 0 Å². The molecule has 1 heterocycles. The lowest BCUT2D eigenvalue weighted by Crippen LogP contribution is -2.53. The highest BCUT2D eigenvalue weighted by Gasteiger charge is 2.33. The fourth-order valence-corrected chi connectivity index (χ4v) is 3.03. The van der Waals surface area contributed by atoms with Gasteiger partial charge in [0.2, 0.25) is 0 Å². The number of carbonyl (C=O) groups excluding carboxylic acids is 1. The van der Waals surface area contributed by atoms with Crippen LogP contribution in [0, 0.1) is 6.92 Å². The van der Waals surface area contributed by atoms with E-state index < -0.39 is 0 Å². The molecule has 4 nitrogen and oxygen atoms in total. The number of methoxy groups -OCH3 is 1. The van der Waals surface area contributed by atoms with Crippen molar-refractivity contribution in [2.24, 2.45) is 0 Å².